The van der Waals surface area contributed by atoms with E-state index in [9.17, 15) is 0 Å². The zero-order valence-electron chi connectivity index (χ0n) is 32.3. The third-order valence-electron chi connectivity index (χ3n) is 11.4. The van der Waals surface area contributed by atoms with Crippen molar-refractivity contribution in [1.82, 2.24) is 9.55 Å². The molecule has 9 aromatic carbocycles. The molecule has 2 nitrogen and oxygen atoms in total. The highest BCUT2D eigenvalue weighted by atomic mass is 15.1. The van der Waals surface area contributed by atoms with Crippen LogP contribution in [0.1, 0.15) is 26.7 Å². The van der Waals surface area contributed by atoms with E-state index < -0.39 is 0 Å². The van der Waals surface area contributed by atoms with Gasteiger partial charge in [-0.25, -0.2) is 4.98 Å². The number of imidazole rings is 1. The van der Waals surface area contributed by atoms with E-state index in [0.717, 1.165) is 41.0 Å². The smallest absolute Gasteiger partial charge is 0.145 e. The molecule has 11 rings (SSSR count). The number of rotatable bonds is 5. The van der Waals surface area contributed by atoms with Crippen LogP contribution in [0.25, 0.3) is 106 Å². The molecule has 0 saturated heterocycles. The summed E-state index contributed by atoms with van der Waals surface area (Å²) in [6, 6.07) is 66.3. The number of fused-ring (bicyclic) bond motifs is 5. The molecule has 0 aliphatic heterocycles. The molecule has 1 aliphatic rings. The van der Waals surface area contributed by atoms with Crippen molar-refractivity contribution in [2.45, 2.75) is 26.7 Å². The summed E-state index contributed by atoms with van der Waals surface area (Å²) in [7, 11) is 0. The second kappa shape index (κ2) is 14.6. The maximum atomic E-state index is 5.12. The minimum absolute atomic E-state index is 0.939. The maximum absolute atomic E-state index is 5.12. The van der Waals surface area contributed by atoms with Crippen LogP contribution in [0, 0.1) is 0 Å². The summed E-state index contributed by atoms with van der Waals surface area (Å²) in [6.07, 6.45) is 7.02. The van der Waals surface area contributed by atoms with Crippen molar-refractivity contribution in [2.24, 2.45) is 0 Å². The molecule has 10 aromatic rings. The average Bonchev–Trinajstić information content (AvgIpc) is 3.68. The number of hydrogen-bond donors (Lipinski definition) is 0. The Morgan fingerprint density at radius 1 is 0.404 bits per heavy atom. The quantitative estimate of drug-likeness (QED) is 0.172. The Hall–Kier alpha value is -7.03. The van der Waals surface area contributed by atoms with Crippen LogP contribution in [0.4, 0.5) is 0 Å². The summed E-state index contributed by atoms with van der Waals surface area (Å²) in [5, 5.41) is 10.3. The molecule has 1 aromatic heterocycles. The van der Waals surface area contributed by atoms with Crippen LogP contribution in [-0.4, -0.2) is 9.55 Å². The second-order valence-corrected chi connectivity index (χ2v) is 14.6. The van der Waals surface area contributed by atoms with Crippen LogP contribution in [0.5, 0.6) is 0 Å². The molecule has 0 saturated carbocycles. The molecule has 0 fully saturated rings. The SMILES string of the molecule is C1=c2c(-c3ccc4ccccc4c3)c3ccc(-c4ccc(-c5nc6ccccc6n5-c5ccccc5)cc4)cc3c(-c3ccc4ccccc4c3)c2=CCC1.CC. The van der Waals surface area contributed by atoms with Crippen LogP contribution in [0.15, 0.2) is 182 Å². The van der Waals surface area contributed by atoms with E-state index in [-0.39, 0.29) is 0 Å². The lowest BCUT2D eigenvalue weighted by molar-refractivity contribution is 1.10. The normalized spacial score (nSPS) is 12.2. The van der Waals surface area contributed by atoms with Crippen LogP contribution in [-0.2, 0) is 0 Å². The molecule has 0 radical (unpaired) electrons. The van der Waals surface area contributed by atoms with E-state index in [1.54, 1.807) is 0 Å². The Labute approximate surface area is 333 Å². The van der Waals surface area contributed by atoms with Gasteiger partial charge in [0.2, 0.25) is 0 Å². The lowest BCUT2D eigenvalue weighted by atomic mass is 9.84. The number of nitrogens with zero attached hydrogens (tertiary/aromatic N) is 2. The first-order valence-electron chi connectivity index (χ1n) is 20.2. The van der Waals surface area contributed by atoms with Gasteiger partial charge >= 0.3 is 0 Å². The summed E-state index contributed by atoms with van der Waals surface area (Å²) < 4.78 is 2.27. The fourth-order valence-electron chi connectivity index (χ4n) is 8.77. The zero-order valence-corrected chi connectivity index (χ0v) is 32.3. The summed E-state index contributed by atoms with van der Waals surface area (Å²) >= 11 is 0. The standard InChI is InChI=1S/C53H36N2.C2H6/c1-2-16-44(17-3-1)55-50-21-11-10-20-49(50)54-53(55)38-26-22-37(23-27-38)41-30-31-47-48(34-41)52(43-29-25-36-13-5-7-15-40(36)33-43)46-19-9-8-18-45(46)51(47)42-28-24-35-12-4-6-14-39(35)32-42;1-2/h1-7,10-34H,8-9H2;1-2H3. The lowest BCUT2D eigenvalue weighted by Crippen LogP contribution is -2.31. The molecule has 1 heterocycles. The Morgan fingerprint density at radius 3 is 1.56 bits per heavy atom. The third-order valence-corrected chi connectivity index (χ3v) is 11.4. The highest BCUT2D eigenvalue weighted by molar-refractivity contribution is 6.09. The van der Waals surface area contributed by atoms with E-state index in [1.165, 1.54) is 76.1 Å². The first kappa shape index (κ1) is 34.5. The Kier molecular flexibility index (Phi) is 8.80. The van der Waals surface area contributed by atoms with Gasteiger partial charge in [0.05, 0.1) is 11.0 Å². The monoisotopic (exact) mass is 730 g/mol. The maximum Gasteiger partial charge on any atom is 0.145 e. The third kappa shape index (κ3) is 6.02. The van der Waals surface area contributed by atoms with Crippen molar-refractivity contribution in [2.75, 3.05) is 0 Å². The Morgan fingerprint density at radius 2 is 0.912 bits per heavy atom. The van der Waals surface area contributed by atoms with Gasteiger partial charge in [-0.1, -0.05) is 166 Å². The molecular weight excluding hydrogens is 689 g/mol. The van der Waals surface area contributed by atoms with Gasteiger partial charge in [-0.15, -0.1) is 0 Å². The molecule has 0 spiro atoms. The molecule has 272 valence electrons. The van der Waals surface area contributed by atoms with Crippen LogP contribution >= 0.6 is 0 Å². The van der Waals surface area contributed by atoms with Crippen molar-refractivity contribution >= 4 is 55.5 Å². The molecule has 0 amide bonds. The molecule has 2 heteroatoms. The van der Waals surface area contributed by atoms with Crippen molar-refractivity contribution in [3.8, 4) is 50.5 Å². The first-order valence-corrected chi connectivity index (χ1v) is 20.2. The van der Waals surface area contributed by atoms with Gasteiger partial charge in [-0.05, 0) is 131 Å². The van der Waals surface area contributed by atoms with Crippen molar-refractivity contribution in [3.05, 3.63) is 192 Å². The summed E-state index contributed by atoms with van der Waals surface area (Å²) in [5.41, 5.74) is 11.8. The van der Waals surface area contributed by atoms with Gasteiger partial charge < -0.3 is 0 Å². The van der Waals surface area contributed by atoms with Crippen LogP contribution in [0.2, 0.25) is 0 Å². The lowest BCUT2D eigenvalue weighted by Gasteiger charge is -2.19. The predicted octanol–water partition coefficient (Wildman–Crippen LogP) is 13.5. The van der Waals surface area contributed by atoms with E-state index in [1.807, 2.05) is 13.8 Å². The van der Waals surface area contributed by atoms with Gasteiger partial charge in [-0.3, -0.25) is 4.57 Å². The second-order valence-electron chi connectivity index (χ2n) is 14.6. The Balaban J connectivity index is 0.00000195. The number of para-hydroxylation sites is 3. The summed E-state index contributed by atoms with van der Waals surface area (Å²) in [5.74, 6) is 0.939. The van der Waals surface area contributed by atoms with Crippen molar-refractivity contribution in [3.63, 3.8) is 0 Å². The minimum Gasteiger partial charge on any atom is -0.292 e. The van der Waals surface area contributed by atoms with Gasteiger partial charge in [0, 0.05) is 11.3 Å². The number of hydrogen-bond acceptors (Lipinski definition) is 1. The predicted molar refractivity (Wildman–Crippen MR) is 244 cm³/mol. The van der Waals surface area contributed by atoms with E-state index in [2.05, 4.69) is 199 Å². The summed E-state index contributed by atoms with van der Waals surface area (Å²) in [6.45, 7) is 4.00. The van der Waals surface area contributed by atoms with Crippen LogP contribution in [0.3, 0.4) is 0 Å². The van der Waals surface area contributed by atoms with Gasteiger partial charge in [0.25, 0.3) is 0 Å². The molecule has 0 bridgehead atoms. The van der Waals surface area contributed by atoms with Gasteiger partial charge in [-0.2, -0.15) is 0 Å². The average molecular weight is 731 g/mol. The molecule has 57 heavy (non-hydrogen) atoms. The molecule has 0 atom stereocenters. The van der Waals surface area contributed by atoms with Gasteiger partial charge in [0.1, 0.15) is 5.82 Å². The van der Waals surface area contributed by atoms with E-state index >= 15 is 0 Å². The molecule has 0 unspecified atom stereocenters. The first-order chi connectivity index (χ1) is 28.3. The van der Waals surface area contributed by atoms with Crippen molar-refractivity contribution < 1.29 is 0 Å². The Bertz CT molecular complexity index is 3240. The number of benzene rings is 9. The molecule has 1 aliphatic carbocycles. The topological polar surface area (TPSA) is 17.8 Å². The molecular formula is C55H42N2. The largest absolute Gasteiger partial charge is 0.292 e. The van der Waals surface area contributed by atoms with E-state index in [4.69, 9.17) is 4.98 Å². The van der Waals surface area contributed by atoms with Crippen LogP contribution < -0.4 is 10.4 Å². The summed E-state index contributed by atoms with van der Waals surface area (Å²) in [4.78, 5) is 5.12. The fraction of sp³-hybridized carbons (Fsp3) is 0.0727. The van der Waals surface area contributed by atoms with Gasteiger partial charge in [0.15, 0.2) is 0 Å². The minimum atomic E-state index is 0.939. The molecule has 0 N–H and O–H groups in total. The highest BCUT2D eigenvalue weighted by Gasteiger charge is 2.19. The number of aromatic nitrogens is 2. The van der Waals surface area contributed by atoms with Crippen molar-refractivity contribution in [1.29, 1.82) is 0 Å². The van der Waals surface area contributed by atoms with E-state index in [0.29, 0.717) is 0 Å². The zero-order chi connectivity index (χ0) is 38.3. The highest BCUT2D eigenvalue weighted by Crippen LogP contribution is 2.38. The fourth-order valence-corrected chi connectivity index (χ4v) is 8.77.